The van der Waals surface area contributed by atoms with Gasteiger partial charge in [0.2, 0.25) is 0 Å². The molecule has 0 unspecified atom stereocenters. The molecule has 0 bridgehead atoms. The minimum Gasteiger partial charge on any atom is -0.138 e. The van der Waals surface area contributed by atoms with E-state index in [1.807, 2.05) is 24.3 Å². The van der Waals surface area contributed by atoms with Crippen LogP contribution in [-0.2, 0) is 0 Å². The zero-order valence-corrected chi connectivity index (χ0v) is 7.31. The minimum atomic E-state index is 0.953. The van der Waals surface area contributed by atoms with Crippen LogP contribution in [0.2, 0.25) is 0 Å². The van der Waals surface area contributed by atoms with E-state index in [1.165, 1.54) is 0 Å². The van der Waals surface area contributed by atoms with Gasteiger partial charge < -0.3 is 0 Å². The van der Waals surface area contributed by atoms with Crippen LogP contribution in [0.25, 0.3) is 0 Å². The average molecular weight is 131 g/mol. The molecule has 1 heteroatoms. The lowest BCUT2D eigenvalue weighted by Crippen LogP contribution is -1.69. The third-order valence-electron chi connectivity index (χ3n) is 0.988. The molecule has 0 heterocycles. The highest BCUT2D eigenvalue weighted by atomic mass is 28.1. The molecule has 0 fully saturated rings. The Labute approximate surface area is 58.3 Å². The average Bonchev–Trinajstić information content (AvgIpc) is 1.91. The Hall–Kier alpha value is -1.00. The fourth-order valence-corrected chi connectivity index (χ4v) is 0.903. The van der Waals surface area contributed by atoms with Crippen molar-refractivity contribution in [3.8, 4) is 11.5 Å². The van der Waals surface area contributed by atoms with E-state index in [9.17, 15) is 0 Å². The molecule has 0 N–H and O–H groups in total. The van der Waals surface area contributed by atoms with Gasteiger partial charge in [-0.05, 0) is 18.2 Å². The zero-order valence-electron chi connectivity index (χ0n) is 5.31. The molecule has 0 aliphatic carbocycles. The summed E-state index contributed by atoms with van der Waals surface area (Å²) >= 11 is 0. The Morgan fingerprint density at radius 1 is 1.33 bits per heavy atom. The fourth-order valence-electron chi connectivity index (χ4n) is 0.615. The second-order valence-electron chi connectivity index (χ2n) is 1.66. The highest BCUT2D eigenvalue weighted by Crippen LogP contribution is 1.92. The number of benzene rings is 1. The molecule has 9 heavy (non-hydrogen) atoms. The van der Waals surface area contributed by atoms with Crippen LogP contribution in [0.1, 0.15) is 5.56 Å². The van der Waals surface area contributed by atoms with E-state index >= 15 is 0 Å². The van der Waals surface area contributed by atoms with E-state index in [2.05, 4.69) is 17.5 Å². The summed E-state index contributed by atoms with van der Waals surface area (Å²) in [7, 11) is 0.953. The van der Waals surface area contributed by atoms with E-state index in [1.54, 1.807) is 0 Å². The van der Waals surface area contributed by atoms with Crippen molar-refractivity contribution in [2.45, 2.75) is 0 Å². The van der Waals surface area contributed by atoms with Gasteiger partial charge in [0.25, 0.3) is 0 Å². The molecule has 0 nitrogen and oxygen atoms in total. The predicted molar refractivity (Wildman–Crippen MR) is 42.1 cm³/mol. The monoisotopic (exact) mass is 131 g/mol. The Morgan fingerprint density at radius 2 is 2.00 bits per heavy atom. The molecule has 0 aliphatic rings. The molecule has 1 radical (unpaired) electrons. The van der Waals surface area contributed by atoms with Crippen molar-refractivity contribution in [2.75, 3.05) is 0 Å². The topological polar surface area (TPSA) is 0 Å². The van der Waals surface area contributed by atoms with Crippen molar-refractivity contribution in [1.29, 1.82) is 0 Å². The number of rotatable bonds is 0. The van der Waals surface area contributed by atoms with Crippen LogP contribution in [0.4, 0.5) is 0 Å². The first-order valence-corrected chi connectivity index (χ1v) is 3.82. The molecule has 1 rings (SSSR count). The summed E-state index contributed by atoms with van der Waals surface area (Å²) in [5.41, 5.74) is 4.05. The first-order chi connectivity index (χ1) is 4.43. The molecule has 1 aromatic carbocycles. The SMILES string of the molecule is [SiH3]C#Cc1cc[c]cc1. The molecule has 0 aliphatic heterocycles. The van der Waals surface area contributed by atoms with Crippen LogP contribution in [0.5, 0.6) is 0 Å². The largest absolute Gasteiger partial charge is 0.138 e. The molecule has 1 aromatic rings. The van der Waals surface area contributed by atoms with E-state index in [0.29, 0.717) is 0 Å². The Bertz CT molecular complexity index is 228. The van der Waals surface area contributed by atoms with Gasteiger partial charge in [-0.3, -0.25) is 0 Å². The molecular weight excluding hydrogens is 124 g/mol. The van der Waals surface area contributed by atoms with Gasteiger partial charge in [-0.2, -0.15) is 0 Å². The highest BCUT2D eigenvalue weighted by Gasteiger charge is 1.77. The van der Waals surface area contributed by atoms with Crippen molar-refractivity contribution in [2.24, 2.45) is 0 Å². The quantitative estimate of drug-likeness (QED) is 0.347. The van der Waals surface area contributed by atoms with Gasteiger partial charge in [0.15, 0.2) is 0 Å². The van der Waals surface area contributed by atoms with Crippen LogP contribution >= 0.6 is 0 Å². The Morgan fingerprint density at radius 3 is 2.56 bits per heavy atom. The standard InChI is InChI=1S/C8H7Si/c9-7-6-8-4-2-1-3-5-8/h2-5H,9H3. The van der Waals surface area contributed by atoms with Crippen molar-refractivity contribution < 1.29 is 0 Å². The second kappa shape index (κ2) is 3.11. The minimum absolute atomic E-state index is 0.953. The Kier molecular flexibility index (Phi) is 2.11. The second-order valence-corrected chi connectivity index (χ2v) is 2.16. The molecule has 0 saturated carbocycles. The van der Waals surface area contributed by atoms with Crippen LogP contribution in [0, 0.1) is 17.5 Å². The predicted octanol–water partition coefficient (Wildman–Crippen LogP) is 0.161. The smallest absolute Gasteiger partial charge is 0.0911 e. The van der Waals surface area contributed by atoms with Crippen LogP contribution < -0.4 is 0 Å². The van der Waals surface area contributed by atoms with Crippen molar-refractivity contribution in [3.63, 3.8) is 0 Å². The normalized spacial score (nSPS) is 8.00. The molecular formula is C8H7Si. The first-order valence-electron chi connectivity index (χ1n) is 2.82. The van der Waals surface area contributed by atoms with Gasteiger partial charge in [-0.25, -0.2) is 0 Å². The summed E-state index contributed by atoms with van der Waals surface area (Å²) in [6, 6.07) is 10.6. The molecule has 0 saturated heterocycles. The molecule has 0 spiro atoms. The van der Waals surface area contributed by atoms with Gasteiger partial charge in [0.05, 0.1) is 10.2 Å². The molecule has 0 atom stereocenters. The summed E-state index contributed by atoms with van der Waals surface area (Å²) in [5.74, 6) is 3.00. The van der Waals surface area contributed by atoms with Gasteiger partial charge in [0, 0.05) is 5.56 Å². The molecule has 0 aromatic heterocycles. The van der Waals surface area contributed by atoms with Gasteiger partial charge in [-0.15, -0.1) is 5.54 Å². The molecule has 43 valence electrons. The summed E-state index contributed by atoms with van der Waals surface area (Å²) in [4.78, 5) is 0. The Balaban J connectivity index is 2.94. The van der Waals surface area contributed by atoms with Crippen LogP contribution in [0.3, 0.4) is 0 Å². The lowest BCUT2D eigenvalue weighted by molar-refractivity contribution is 1.64. The van der Waals surface area contributed by atoms with E-state index in [-0.39, 0.29) is 0 Å². The third kappa shape index (κ3) is 1.75. The molecule has 0 amide bonds. The fraction of sp³-hybridized carbons (Fsp3) is 0. The lowest BCUT2D eigenvalue weighted by Gasteiger charge is -1.83. The van der Waals surface area contributed by atoms with Crippen LogP contribution in [-0.4, -0.2) is 10.2 Å². The maximum atomic E-state index is 3.00. The summed E-state index contributed by atoms with van der Waals surface area (Å²) in [6.45, 7) is 0. The van der Waals surface area contributed by atoms with E-state index in [4.69, 9.17) is 0 Å². The zero-order chi connectivity index (χ0) is 6.53. The van der Waals surface area contributed by atoms with Gasteiger partial charge in [0.1, 0.15) is 0 Å². The third-order valence-corrected chi connectivity index (χ3v) is 1.24. The van der Waals surface area contributed by atoms with Crippen molar-refractivity contribution >= 4 is 10.2 Å². The number of hydrogen-bond acceptors (Lipinski definition) is 0. The van der Waals surface area contributed by atoms with E-state index < -0.39 is 0 Å². The first kappa shape index (κ1) is 6.12. The summed E-state index contributed by atoms with van der Waals surface area (Å²) < 4.78 is 0. The van der Waals surface area contributed by atoms with Gasteiger partial charge >= 0.3 is 0 Å². The van der Waals surface area contributed by atoms with Crippen molar-refractivity contribution in [3.05, 3.63) is 35.9 Å². The van der Waals surface area contributed by atoms with Gasteiger partial charge in [-0.1, -0.05) is 18.1 Å². The van der Waals surface area contributed by atoms with Crippen LogP contribution in [0.15, 0.2) is 24.3 Å². The van der Waals surface area contributed by atoms with Crippen molar-refractivity contribution in [1.82, 2.24) is 0 Å². The number of hydrogen-bond donors (Lipinski definition) is 0. The maximum Gasteiger partial charge on any atom is 0.0911 e. The maximum absolute atomic E-state index is 3.00. The summed E-state index contributed by atoms with van der Waals surface area (Å²) in [5, 5.41) is 0. The van der Waals surface area contributed by atoms with E-state index in [0.717, 1.165) is 15.8 Å². The highest BCUT2D eigenvalue weighted by molar-refractivity contribution is 6.22. The summed E-state index contributed by atoms with van der Waals surface area (Å²) in [6.07, 6.45) is 0. The lowest BCUT2D eigenvalue weighted by atomic mass is 10.2.